The zero-order valence-corrected chi connectivity index (χ0v) is 21.4. The SMILES string of the molecule is C=C(CO[Si](C)(C)C(C)(C)C)c1cc(C(F)(F)F)nc(-c2ccc(OC)c(OCCC)c2)n1. The summed E-state index contributed by atoms with van der Waals surface area (Å²) in [7, 11) is -0.617. The molecule has 0 saturated carbocycles. The Morgan fingerprint density at radius 1 is 1.06 bits per heavy atom. The van der Waals surface area contributed by atoms with Gasteiger partial charge in [0.15, 0.2) is 25.6 Å². The van der Waals surface area contributed by atoms with Crippen molar-refractivity contribution in [2.24, 2.45) is 0 Å². The van der Waals surface area contributed by atoms with Gasteiger partial charge in [0.2, 0.25) is 0 Å². The molecule has 0 radical (unpaired) electrons. The number of halogens is 3. The molecule has 0 aliphatic carbocycles. The first-order valence-electron chi connectivity index (χ1n) is 10.8. The summed E-state index contributed by atoms with van der Waals surface area (Å²) in [6, 6.07) is 5.73. The van der Waals surface area contributed by atoms with E-state index in [0.717, 1.165) is 12.5 Å². The lowest BCUT2D eigenvalue weighted by atomic mass is 10.1. The van der Waals surface area contributed by atoms with E-state index >= 15 is 0 Å². The van der Waals surface area contributed by atoms with Crippen LogP contribution in [0.4, 0.5) is 13.2 Å². The molecule has 0 aliphatic rings. The van der Waals surface area contributed by atoms with E-state index in [9.17, 15) is 13.2 Å². The van der Waals surface area contributed by atoms with Crippen molar-refractivity contribution in [3.05, 3.63) is 42.2 Å². The molecule has 0 unspecified atom stereocenters. The van der Waals surface area contributed by atoms with Crippen LogP contribution in [0.25, 0.3) is 17.0 Å². The highest BCUT2D eigenvalue weighted by molar-refractivity contribution is 6.74. The van der Waals surface area contributed by atoms with Gasteiger partial charge < -0.3 is 13.9 Å². The third kappa shape index (κ3) is 6.80. The monoisotopic (exact) mass is 482 g/mol. The van der Waals surface area contributed by atoms with E-state index in [1.807, 2.05) is 6.92 Å². The minimum atomic E-state index is -4.64. The largest absolute Gasteiger partial charge is 0.493 e. The summed E-state index contributed by atoms with van der Waals surface area (Å²) in [6.07, 6.45) is -3.87. The molecule has 0 bridgehead atoms. The van der Waals surface area contributed by atoms with Crippen molar-refractivity contribution in [2.75, 3.05) is 20.3 Å². The van der Waals surface area contributed by atoms with Crippen molar-refractivity contribution in [1.82, 2.24) is 9.97 Å². The highest BCUT2D eigenvalue weighted by atomic mass is 28.4. The number of hydrogen-bond donors (Lipinski definition) is 0. The molecule has 9 heteroatoms. The molecular formula is C24H33F3N2O3Si. The Morgan fingerprint density at radius 3 is 2.27 bits per heavy atom. The smallest absolute Gasteiger partial charge is 0.433 e. The molecule has 0 fully saturated rings. The summed E-state index contributed by atoms with van der Waals surface area (Å²) in [5, 5.41) is -0.0424. The minimum Gasteiger partial charge on any atom is -0.493 e. The number of hydrogen-bond acceptors (Lipinski definition) is 5. The molecule has 5 nitrogen and oxygen atoms in total. The Labute approximate surface area is 195 Å². The molecule has 0 saturated heterocycles. The molecule has 2 rings (SSSR count). The molecule has 33 heavy (non-hydrogen) atoms. The molecule has 0 aliphatic heterocycles. The molecule has 0 atom stereocenters. The summed E-state index contributed by atoms with van der Waals surface area (Å²) in [4.78, 5) is 8.16. The number of ether oxygens (including phenoxy) is 2. The number of methoxy groups -OCH3 is 1. The van der Waals surface area contributed by atoms with E-state index in [4.69, 9.17) is 13.9 Å². The van der Waals surface area contributed by atoms with E-state index in [-0.39, 0.29) is 23.2 Å². The fourth-order valence-electron chi connectivity index (χ4n) is 2.60. The minimum absolute atomic E-state index is 0.0424. The molecule has 0 spiro atoms. The fourth-order valence-corrected chi connectivity index (χ4v) is 3.57. The van der Waals surface area contributed by atoms with E-state index < -0.39 is 20.2 Å². The van der Waals surface area contributed by atoms with Gasteiger partial charge in [0.05, 0.1) is 26.0 Å². The van der Waals surface area contributed by atoms with Crippen molar-refractivity contribution in [3.63, 3.8) is 0 Å². The molecule has 1 heterocycles. The third-order valence-electron chi connectivity index (χ3n) is 5.68. The molecule has 0 amide bonds. The maximum Gasteiger partial charge on any atom is 0.433 e. The second kappa shape index (κ2) is 10.3. The van der Waals surface area contributed by atoms with Gasteiger partial charge in [-0.1, -0.05) is 34.3 Å². The van der Waals surface area contributed by atoms with Crippen molar-refractivity contribution < 1.29 is 27.1 Å². The van der Waals surface area contributed by atoms with Crippen LogP contribution < -0.4 is 9.47 Å². The lowest BCUT2D eigenvalue weighted by molar-refractivity contribution is -0.141. The van der Waals surface area contributed by atoms with E-state index in [1.54, 1.807) is 18.2 Å². The van der Waals surface area contributed by atoms with E-state index in [2.05, 4.69) is 50.4 Å². The predicted molar refractivity (Wildman–Crippen MR) is 127 cm³/mol. The first-order valence-corrected chi connectivity index (χ1v) is 13.7. The highest BCUT2D eigenvalue weighted by Gasteiger charge is 2.38. The van der Waals surface area contributed by atoms with Gasteiger partial charge in [-0.15, -0.1) is 0 Å². The maximum atomic E-state index is 13.6. The summed E-state index contributed by atoms with van der Waals surface area (Å²) in [5.74, 6) is 0.823. The summed E-state index contributed by atoms with van der Waals surface area (Å²) < 4.78 is 58.0. The van der Waals surface area contributed by atoms with E-state index in [1.165, 1.54) is 7.11 Å². The van der Waals surface area contributed by atoms with Gasteiger partial charge in [-0.2, -0.15) is 13.2 Å². The van der Waals surface area contributed by atoms with Gasteiger partial charge >= 0.3 is 6.18 Å². The Bertz CT molecular complexity index is 986. The predicted octanol–water partition coefficient (Wildman–Crippen LogP) is 6.99. The van der Waals surface area contributed by atoms with Crippen molar-refractivity contribution >= 4 is 13.9 Å². The van der Waals surface area contributed by atoms with Crippen LogP contribution in [-0.4, -0.2) is 38.6 Å². The van der Waals surface area contributed by atoms with Gasteiger partial charge in [-0.05, 0) is 54.4 Å². The normalized spacial score (nSPS) is 12.5. The first-order chi connectivity index (χ1) is 15.2. The van der Waals surface area contributed by atoms with Crippen LogP contribution in [0.3, 0.4) is 0 Å². The summed E-state index contributed by atoms with van der Waals surface area (Å²) >= 11 is 0. The third-order valence-corrected chi connectivity index (χ3v) is 10.2. The average molecular weight is 483 g/mol. The fraction of sp³-hybridized carbons (Fsp3) is 0.500. The van der Waals surface area contributed by atoms with Gasteiger partial charge in [0.1, 0.15) is 5.69 Å². The molecule has 2 aromatic rings. The lowest BCUT2D eigenvalue weighted by Crippen LogP contribution is -2.41. The topological polar surface area (TPSA) is 53.5 Å². The number of benzene rings is 1. The van der Waals surface area contributed by atoms with Crippen LogP contribution in [0.2, 0.25) is 18.1 Å². The van der Waals surface area contributed by atoms with Gasteiger partial charge in [0, 0.05) is 5.56 Å². The van der Waals surface area contributed by atoms with Crippen LogP contribution in [0, 0.1) is 0 Å². The molecule has 0 N–H and O–H groups in total. The van der Waals surface area contributed by atoms with Crippen LogP contribution in [0.15, 0.2) is 30.8 Å². The summed E-state index contributed by atoms with van der Waals surface area (Å²) in [6.45, 7) is 16.9. The number of alkyl halides is 3. The van der Waals surface area contributed by atoms with Crippen LogP contribution in [0.1, 0.15) is 45.5 Å². The van der Waals surface area contributed by atoms with Crippen LogP contribution in [-0.2, 0) is 10.6 Å². The zero-order chi connectivity index (χ0) is 25.0. The Hall–Kier alpha value is -2.39. The zero-order valence-electron chi connectivity index (χ0n) is 20.4. The second-order valence-corrected chi connectivity index (χ2v) is 14.1. The first kappa shape index (κ1) is 26.9. The van der Waals surface area contributed by atoms with Gasteiger partial charge in [0.25, 0.3) is 0 Å². The molecular weight excluding hydrogens is 449 g/mol. The number of aromatic nitrogens is 2. The summed E-state index contributed by atoms with van der Waals surface area (Å²) in [5.41, 5.74) is -0.196. The maximum absolute atomic E-state index is 13.6. The molecule has 1 aromatic carbocycles. The quantitative estimate of drug-likeness (QED) is 0.360. The van der Waals surface area contributed by atoms with E-state index in [0.29, 0.717) is 29.2 Å². The van der Waals surface area contributed by atoms with Gasteiger partial charge in [-0.3, -0.25) is 0 Å². The van der Waals surface area contributed by atoms with Crippen molar-refractivity contribution in [1.29, 1.82) is 0 Å². The number of nitrogens with zero attached hydrogens (tertiary/aromatic N) is 2. The number of rotatable bonds is 9. The Morgan fingerprint density at radius 2 is 1.73 bits per heavy atom. The highest BCUT2D eigenvalue weighted by Crippen LogP contribution is 2.38. The van der Waals surface area contributed by atoms with Crippen LogP contribution >= 0.6 is 0 Å². The Kier molecular flexibility index (Phi) is 8.35. The van der Waals surface area contributed by atoms with Crippen LogP contribution in [0.5, 0.6) is 11.5 Å². The standard InChI is InChI=1S/C24H33F3N2O3Si/c1-9-12-31-20-13-17(10-11-19(20)30-6)22-28-18(14-21(29-22)24(25,26)27)16(2)15-32-33(7,8)23(3,4)5/h10-11,13-14H,2,9,12,15H2,1,3-8H3. The van der Waals surface area contributed by atoms with Crippen molar-refractivity contribution in [3.8, 4) is 22.9 Å². The van der Waals surface area contributed by atoms with Gasteiger partial charge in [-0.25, -0.2) is 9.97 Å². The Balaban J connectivity index is 2.47. The molecule has 182 valence electrons. The molecule has 1 aromatic heterocycles. The lowest BCUT2D eigenvalue weighted by Gasteiger charge is -2.36. The van der Waals surface area contributed by atoms with Crippen molar-refractivity contribution in [2.45, 2.75) is 58.4 Å². The average Bonchev–Trinajstić information content (AvgIpc) is 2.74. The second-order valence-electron chi connectivity index (χ2n) is 9.33.